The van der Waals surface area contributed by atoms with Crippen molar-refractivity contribution in [1.82, 2.24) is 0 Å². The van der Waals surface area contributed by atoms with Crippen LogP contribution in [0.4, 0.5) is 13.2 Å². The van der Waals surface area contributed by atoms with E-state index in [1.54, 1.807) is 13.2 Å². The van der Waals surface area contributed by atoms with Gasteiger partial charge in [-0.15, -0.1) is 0 Å². The van der Waals surface area contributed by atoms with E-state index in [4.69, 9.17) is 4.74 Å². The van der Waals surface area contributed by atoms with Crippen LogP contribution in [-0.2, 0) is 6.42 Å². The van der Waals surface area contributed by atoms with Gasteiger partial charge < -0.3 is 4.74 Å². The minimum atomic E-state index is -1.45. The van der Waals surface area contributed by atoms with Crippen molar-refractivity contribution in [2.45, 2.75) is 11.2 Å². The molecule has 0 N–H and O–H groups in total. The summed E-state index contributed by atoms with van der Waals surface area (Å²) in [7, 11) is 1.56. The molecule has 1 unspecified atom stereocenters. The molecular weight excluding hydrogens is 333 g/mol. The van der Waals surface area contributed by atoms with E-state index in [2.05, 4.69) is 15.9 Å². The minimum absolute atomic E-state index is 0.0896. The highest BCUT2D eigenvalue weighted by Crippen LogP contribution is 2.31. The molecule has 0 amide bonds. The third kappa shape index (κ3) is 3.15. The number of hydrogen-bond donors (Lipinski definition) is 0. The lowest BCUT2D eigenvalue weighted by atomic mass is 10.0. The Morgan fingerprint density at radius 2 is 1.85 bits per heavy atom. The Morgan fingerprint density at radius 3 is 2.55 bits per heavy atom. The maximum atomic E-state index is 13.7. The van der Waals surface area contributed by atoms with Gasteiger partial charge in [-0.05, 0) is 30.2 Å². The molecule has 0 aliphatic heterocycles. The van der Waals surface area contributed by atoms with E-state index in [1.807, 2.05) is 18.2 Å². The highest BCUT2D eigenvalue weighted by molar-refractivity contribution is 9.09. The Bertz CT molecular complexity index is 616. The van der Waals surface area contributed by atoms with Gasteiger partial charge in [0.1, 0.15) is 5.75 Å². The van der Waals surface area contributed by atoms with E-state index in [0.29, 0.717) is 12.2 Å². The molecule has 5 heteroatoms. The Kier molecular flexibility index (Phi) is 4.70. The van der Waals surface area contributed by atoms with Crippen molar-refractivity contribution < 1.29 is 17.9 Å². The van der Waals surface area contributed by atoms with Gasteiger partial charge in [-0.2, -0.15) is 0 Å². The molecular formula is C15H12BrF3O. The molecule has 0 saturated carbocycles. The van der Waals surface area contributed by atoms with Crippen LogP contribution in [0.3, 0.4) is 0 Å². The largest absolute Gasteiger partial charge is 0.497 e. The fourth-order valence-corrected chi connectivity index (χ4v) is 2.63. The molecule has 0 radical (unpaired) electrons. The highest BCUT2D eigenvalue weighted by atomic mass is 79.9. The Labute approximate surface area is 123 Å². The Balaban J connectivity index is 2.23. The van der Waals surface area contributed by atoms with Crippen LogP contribution >= 0.6 is 15.9 Å². The smallest absolute Gasteiger partial charge is 0.194 e. The lowest BCUT2D eigenvalue weighted by Crippen LogP contribution is -2.02. The van der Waals surface area contributed by atoms with Gasteiger partial charge in [-0.3, -0.25) is 0 Å². The molecule has 2 aromatic carbocycles. The molecule has 0 aliphatic carbocycles. The molecule has 20 heavy (non-hydrogen) atoms. The molecule has 0 aromatic heterocycles. The number of alkyl halides is 1. The van der Waals surface area contributed by atoms with Crippen molar-refractivity contribution in [3.05, 3.63) is 65.0 Å². The van der Waals surface area contributed by atoms with Gasteiger partial charge in [0.05, 0.1) is 7.11 Å². The second-order valence-electron chi connectivity index (χ2n) is 4.29. The van der Waals surface area contributed by atoms with Gasteiger partial charge in [0, 0.05) is 10.4 Å². The summed E-state index contributed by atoms with van der Waals surface area (Å²) in [6, 6.07) is 9.45. The normalized spacial score (nSPS) is 12.2. The predicted octanol–water partition coefficient (Wildman–Crippen LogP) is 4.79. The Hall–Kier alpha value is -1.49. The van der Waals surface area contributed by atoms with Crippen molar-refractivity contribution >= 4 is 15.9 Å². The van der Waals surface area contributed by atoms with Crippen LogP contribution in [0.1, 0.15) is 16.0 Å². The first-order valence-corrected chi connectivity index (χ1v) is 6.85. The standard InChI is InChI=1S/C15H12BrF3O/c1-20-10-4-2-3-9(7-10)8-12(16)11-5-6-13(17)15(19)14(11)18/h2-7,12H,8H2,1H3. The molecule has 0 saturated heterocycles. The molecule has 1 nitrogen and oxygen atoms in total. The zero-order valence-corrected chi connectivity index (χ0v) is 12.3. The van der Waals surface area contributed by atoms with Crippen LogP contribution in [0.5, 0.6) is 5.75 Å². The molecule has 0 fully saturated rings. The van der Waals surface area contributed by atoms with Crippen molar-refractivity contribution in [2.24, 2.45) is 0 Å². The average Bonchev–Trinajstić information content (AvgIpc) is 2.45. The van der Waals surface area contributed by atoms with E-state index in [1.165, 1.54) is 6.07 Å². The van der Waals surface area contributed by atoms with Crippen LogP contribution in [0.15, 0.2) is 36.4 Å². The van der Waals surface area contributed by atoms with E-state index >= 15 is 0 Å². The Morgan fingerprint density at radius 1 is 1.10 bits per heavy atom. The molecule has 2 aromatic rings. The summed E-state index contributed by atoms with van der Waals surface area (Å²) in [6.45, 7) is 0. The molecule has 0 bridgehead atoms. The van der Waals surface area contributed by atoms with Crippen LogP contribution < -0.4 is 4.74 Å². The van der Waals surface area contributed by atoms with Crippen LogP contribution in [0.2, 0.25) is 0 Å². The monoisotopic (exact) mass is 344 g/mol. The van der Waals surface area contributed by atoms with E-state index in [9.17, 15) is 13.2 Å². The number of halogens is 4. The second-order valence-corrected chi connectivity index (χ2v) is 5.39. The quantitative estimate of drug-likeness (QED) is 0.572. The lowest BCUT2D eigenvalue weighted by molar-refractivity contribution is 0.414. The highest BCUT2D eigenvalue weighted by Gasteiger charge is 2.19. The van der Waals surface area contributed by atoms with E-state index < -0.39 is 22.3 Å². The third-order valence-corrected chi connectivity index (χ3v) is 3.77. The number of rotatable bonds is 4. The molecule has 1 atom stereocenters. The summed E-state index contributed by atoms with van der Waals surface area (Å²) < 4.78 is 44.9. The number of hydrogen-bond acceptors (Lipinski definition) is 1. The summed E-state index contributed by atoms with van der Waals surface area (Å²) in [5, 5.41) is 0. The first-order chi connectivity index (χ1) is 9.52. The van der Waals surface area contributed by atoms with Gasteiger partial charge in [0.2, 0.25) is 0 Å². The summed E-state index contributed by atoms with van der Waals surface area (Å²) in [4.78, 5) is -0.454. The van der Waals surface area contributed by atoms with E-state index in [-0.39, 0.29) is 5.56 Å². The molecule has 106 valence electrons. The van der Waals surface area contributed by atoms with Crippen molar-refractivity contribution in [2.75, 3.05) is 7.11 Å². The maximum Gasteiger partial charge on any atom is 0.194 e. The number of ether oxygens (including phenoxy) is 1. The maximum absolute atomic E-state index is 13.7. The third-order valence-electron chi connectivity index (χ3n) is 2.95. The zero-order chi connectivity index (χ0) is 14.7. The fourth-order valence-electron chi connectivity index (χ4n) is 1.90. The summed E-state index contributed by atoms with van der Waals surface area (Å²) in [5.74, 6) is -3.10. The van der Waals surface area contributed by atoms with Gasteiger partial charge >= 0.3 is 0 Å². The molecule has 2 rings (SSSR count). The van der Waals surface area contributed by atoms with Crippen molar-refractivity contribution in [3.63, 3.8) is 0 Å². The molecule has 0 aliphatic rings. The second kappa shape index (κ2) is 6.31. The molecule has 0 spiro atoms. The van der Waals surface area contributed by atoms with Crippen LogP contribution in [0.25, 0.3) is 0 Å². The fraction of sp³-hybridized carbons (Fsp3) is 0.200. The van der Waals surface area contributed by atoms with Gasteiger partial charge in [-0.25, -0.2) is 13.2 Å². The first-order valence-electron chi connectivity index (χ1n) is 5.93. The van der Waals surface area contributed by atoms with Crippen LogP contribution in [-0.4, -0.2) is 7.11 Å². The van der Waals surface area contributed by atoms with Crippen LogP contribution in [0, 0.1) is 17.5 Å². The first kappa shape index (κ1) is 14.9. The van der Waals surface area contributed by atoms with Crippen molar-refractivity contribution in [1.29, 1.82) is 0 Å². The lowest BCUT2D eigenvalue weighted by Gasteiger charge is -2.12. The summed E-state index contributed by atoms with van der Waals surface area (Å²) in [6.07, 6.45) is 0.430. The van der Waals surface area contributed by atoms with Crippen molar-refractivity contribution in [3.8, 4) is 5.75 Å². The van der Waals surface area contributed by atoms with Gasteiger partial charge in [0.25, 0.3) is 0 Å². The minimum Gasteiger partial charge on any atom is -0.497 e. The van der Waals surface area contributed by atoms with Gasteiger partial charge in [0.15, 0.2) is 17.5 Å². The SMILES string of the molecule is COc1cccc(CC(Br)c2ccc(F)c(F)c2F)c1. The predicted molar refractivity (Wildman–Crippen MR) is 74.7 cm³/mol. The summed E-state index contributed by atoms with van der Waals surface area (Å²) >= 11 is 3.31. The van der Waals surface area contributed by atoms with E-state index in [0.717, 1.165) is 11.6 Å². The average molecular weight is 345 g/mol. The topological polar surface area (TPSA) is 9.23 Å². The zero-order valence-electron chi connectivity index (χ0n) is 10.7. The summed E-state index contributed by atoms with van der Waals surface area (Å²) in [5.41, 5.74) is 0.988. The van der Waals surface area contributed by atoms with Gasteiger partial charge in [-0.1, -0.05) is 34.1 Å². The molecule has 0 heterocycles. The number of benzene rings is 2. The number of methoxy groups -OCH3 is 1.